The van der Waals surface area contributed by atoms with E-state index in [1.54, 1.807) is 5.57 Å². The summed E-state index contributed by atoms with van der Waals surface area (Å²) in [5.41, 5.74) is 6.40. The summed E-state index contributed by atoms with van der Waals surface area (Å²) in [6.07, 6.45) is 5.57. The van der Waals surface area contributed by atoms with Crippen LogP contribution >= 0.6 is 0 Å². The molecule has 0 aromatic carbocycles. The Kier molecular flexibility index (Phi) is 3.90. The number of hydrogen-bond donors (Lipinski definition) is 0. The molecule has 2 heteroatoms. The van der Waals surface area contributed by atoms with Crippen molar-refractivity contribution < 1.29 is 4.74 Å². The maximum absolute atomic E-state index is 6.21. The fourth-order valence-corrected chi connectivity index (χ4v) is 3.74. The van der Waals surface area contributed by atoms with Crippen LogP contribution in [0.3, 0.4) is 0 Å². The number of rotatable bonds is 2. The Morgan fingerprint density at radius 2 is 1.96 bits per heavy atom. The number of aliphatic imine (C=N–C) groups is 1. The first kappa shape index (κ1) is 16.3. The van der Waals surface area contributed by atoms with Crippen molar-refractivity contribution in [2.75, 3.05) is 0 Å². The molecule has 0 saturated heterocycles. The molecule has 1 fully saturated rings. The Morgan fingerprint density at radius 3 is 2.52 bits per heavy atom. The fraction of sp³-hybridized carbons (Fsp3) is 0.571. The van der Waals surface area contributed by atoms with Gasteiger partial charge in [0.2, 0.25) is 0 Å². The molecule has 124 valence electrons. The van der Waals surface area contributed by atoms with Crippen molar-refractivity contribution in [1.29, 1.82) is 0 Å². The van der Waals surface area contributed by atoms with Crippen molar-refractivity contribution in [2.24, 2.45) is 16.3 Å². The second kappa shape index (κ2) is 5.51. The monoisotopic (exact) mass is 311 g/mol. The van der Waals surface area contributed by atoms with Crippen LogP contribution in [-0.2, 0) is 4.74 Å². The van der Waals surface area contributed by atoms with Crippen molar-refractivity contribution in [3.63, 3.8) is 0 Å². The summed E-state index contributed by atoms with van der Waals surface area (Å²) in [4.78, 5) is 5.00. The standard InChI is InChI=1S/C21H29NO/c1-8-14(9-2)19-15-10-16(15)22-20-12(3)17(11-21(5,6)7)23-13(4)18(19)20/h11,15-16H,3,8-10H2,1-2,4-7H3/b17-11+. The van der Waals surface area contributed by atoms with Crippen LogP contribution in [0.25, 0.3) is 0 Å². The summed E-state index contributed by atoms with van der Waals surface area (Å²) in [6.45, 7) is 17.5. The molecule has 0 aromatic rings. The van der Waals surface area contributed by atoms with Gasteiger partial charge in [0.15, 0.2) is 0 Å². The number of hydrogen-bond acceptors (Lipinski definition) is 2. The third kappa shape index (κ3) is 2.84. The molecule has 1 saturated carbocycles. The maximum Gasteiger partial charge on any atom is 0.132 e. The zero-order valence-corrected chi connectivity index (χ0v) is 15.4. The Morgan fingerprint density at radius 1 is 1.30 bits per heavy atom. The molecule has 0 bridgehead atoms. The summed E-state index contributed by atoms with van der Waals surface area (Å²) in [6, 6.07) is 0.468. The first-order chi connectivity index (χ1) is 10.8. The molecule has 2 heterocycles. The Bertz CT molecular complexity index is 673. The number of fused-ring (bicyclic) bond motifs is 2. The first-order valence-electron chi connectivity index (χ1n) is 8.88. The zero-order chi connectivity index (χ0) is 16.9. The van der Waals surface area contributed by atoms with Crippen molar-refractivity contribution in [3.05, 3.63) is 46.5 Å². The number of ether oxygens (including phenoxy) is 1. The van der Waals surface area contributed by atoms with E-state index in [1.165, 1.54) is 17.6 Å². The smallest absolute Gasteiger partial charge is 0.132 e. The normalized spacial score (nSPS) is 28.3. The van der Waals surface area contributed by atoms with Crippen LogP contribution < -0.4 is 0 Å². The van der Waals surface area contributed by atoms with Gasteiger partial charge < -0.3 is 4.74 Å². The predicted octanol–water partition coefficient (Wildman–Crippen LogP) is 5.74. The summed E-state index contributed by atoms with van der Waals surface area (Å²) in [5.74, 6) is 2.49. The molecule has 0 aromatic heterocycles. The van der Waals surface area contributed by atoms with E-state index in [0.29, 0.717) is 12.0 Å². The van der Waals surface area contributed by atoms with E-state index in [0.717, 1.165) is 35.6 Å². The highest BCUT2D eigenvalue weighted by molar-refractivity contribution is 6.19. The highest BCUT2D eigenvalue weighted by atomic mass is 16.5. The molecule has 1 aliphatic carbocycles. The quantitative estimate of drug-likeness (QED) is 0.637. The van der Waals surface area contributed by atoms with Gasteiger partial charge in [-0.05, 0) is 43.3 Å². The van der Waals surface area contributed by atoms with Gasteiger partial charge in [-0.2, -0.15) is 0 Å². The molecule has 2 atom stereocenters. The Labute approximate surface area is 140 Å². The molecule has 0 N–H and O–H groups in total. The molecule has 3 aliphatic rings. The maximum atomic E-state index is 6.21. The molecular formula is C21H29NO. The third-order valence-corrected chi connectivity index (χ3v) is 4.93. The van der Waals surface area contributed by atoms with E-state index in [4.69, 9.17) is 9.73 Å². The van der Waals surface area contributed by atoms with Gasteiger partial charge in [-0.3, -0.25) is 4.99 Å². The van der Waals surface area contributed by atoms with E-state index < -0.39 is 0 Å². The van der Waals surface area contributed by atoms with Crippen molar-refractivity contribution in [3.8, 4) is 0 Å². The fourth-order valence-electron chi connectivity index (χ4n) is 3.74. The van der Waals surface area contributed by atoms with Crippen molar-refractivity contribution in [1.82, 2.24) is 0 Å². The van der Waals surface area contributed by atoms with Gasteiger partial charge in [0.05, 0.1) is 11.8 Å². The lowest BCUT2D eigenvalue weighted by Crippen LogP contribution is -2.25. The minimum Gasteiger partial charge on any atom is -0.461 e. The topological polar surface area (TPSA) is 21.6 Å². The molecule has 0 spiro atoms. The summed E-state index contributed by atoms with van der Waals surface area (Å²) in [5, 5.41) is 0. The molecule has 2 unspecified atom stereocenters. The molecule has 3 rings (SSSR count). The van der Waals surface area contributed by atoms with Crippen LogP contribution in [0.1, 0.15) is 60.8 Å². The van der Waals surface area contributed by atoms with Crippen LogP contribution in [0.4, 0.5) is 0 Å². The highest BCUT2D eigenvalue weighted by Gasteiger charge is 2.48. The van der Waals surface area contributed by atoms with E-state index in [-0.39, 0.29) is 5.41 Å². The molecule has 2 nitrogen and oxygen atoms in total. The van der Waals surface area contributed by atoms with Crippen LogP contribution in [0.2, 0.25) is 0 Å². The van der Waals surface area contributed by atoms with Gasteiger partial charge in [-0.15, -0.1) is 0 Å². The third-order valence-electron chi connectivity index (χ3n) is 4.93. The lowest BCUT2D eigenvalue weighted by Gasteiger charge is -2.31. The van der Waals surface area contributed by atoms with Gasteiger partial charge in [-0.25, -0.2) is 0 Å². The minimum absolute atomic E-state index is 0.0596. The molecule has 0 radical (unpaired) electrons. The van der Waals surface area contributed by atoms with E-state index in [1.807, 2.05) is 0 Å². The van der Waals surface area contributed by atoms with Crippen molar-refractivity contribution in [2.45, 2.75) is 66.8 Å². The van der Waals surface area contributed by atoms with Crippen LogP contribution in [0.15, 0.2) is 51.5 Å². The lowest BCUT2D eigenvalue weighted by atomic mass is 9.82. The Balaban J connectivity index is 2.15. The predicted molar refractivity (Wildman–Crippen MR) is 97.4 cm³/mol. The van der Waals surface area contributed by atoms with Crippen LogP contribution in [-0.4, -0.2) is 11.8 Å². The second-order valence-electron chi connectivity index (χ2n) is 8.00. The van der Waals surface area contributed by atoms with Gasteiger partial charge in [0, 0.05) is 17.1 Å². The average Bonchev–Trinajstić information content (AvgIpc) is 3.22. The van der Waals surface area contributed by atoms with Crippen LogP contribution in [0, 0.1) is 11.3 Å². The minimum atomic E-state index is 0.0596. The van der Waals surface area contributed by atoms with Gasteiger partial charge >= 0.3 is 0 Å². The molecular weight excluding hydrogens is 282 g/mol. The van der Waals surface area contributed by atoms with Gasteiger partial charge in [0.1, 0.15) is 11.5 Å². The van der Waals surface area contributed by atoms with Gasteiger partial charge in [-0.1, -0.05) is 46.8 Å². The second-order valence-corrected chi connectivity index (χ2v) is 8.00. The van der Waals surface area contributed by atoms with Crippen molar-refractivity contribution >= 4 is 5.71 Å². The van der Waals surface area contributed by atoms with Gasteiger partial charge in [0.25, 0.3) is 0 Å². The van der Waals surface area contributed by atoms with E-state index in [2.05, 4.69) is 54.2 Å². The molecule has 2 aliphatic heterocycles. The van der Waals surface area contributed by atoms with E-state index >= 15 is 0 Å². The lowest BCUT2D eigenvalue weighted by molar-refractivity contribution is 0.302. The SMILES string of the molecule is C=C1C2=NC3CC3C(=C(CC)CC)C2=C(C)O/C1=C/C(C)(C)C. The molecule has 0 amide bonds. The summed E-state index contributed by atoms with van der Waals surface area (Å²) >= 11 is 0. The number of allylic oxidation sites excluding steroid dienone is 5. The highest BCUT2D eigenvalue weighted by Crippen LogP contribution is 2.52. The largest absolute Gasteiger partial charge is 0.461 e. The first-order valence-corrected chi connectivity index (χ1v) is 8.88. The average molecular weight is 311 g/mol. The van der Waals surface area contributed by atoms with E-state index in [9.17, 15) is 0 Å². The summed E-state index contributed by atoms with van der Waals surface area (Å²) in [7, 11) is 0. The zero-order valence-electron chi connectivity index (χ0n) is 15.4. The number of nitrogens with zero attached hydrogens (tertiary/aromatic N) is 1. The Hall–Kier alpha value is -1.57. The van der Waals surface area contributed by atoms with Crippen LogP contribution in [0.5, 0.6) is 0 Å². The molecule has 23 heavy (non-hydrogen) atoms. The summed E-state index contributed by atoms with van der Waals surface area (Å²) < 4.78 is 6.21.